The lowest BCUT2D eigenvalue weighted by atomic mass is 10.1. The van der Waals surface area contributed by atoms with Crippen molar-refractivity contribution in [3.05, 3.63) is 24.4 Å². The first-order chi connectivity index (χ1) is 8.75. The maximum absolute atomic E-state index is 10.5. The molecule has 1 aromatic rings. The van der Waals surface area contributed by atoms with Crippen LogP contribution in [-0.2, 0) is 9.63 Å². The Morgan fingerprint density at radius 3 is 2.89 bits per heavy atom. The zero-order valence-electron chi connectivity index (χ0n) is 10.2. The molecular formula is C12H18N4O2. The molecule has 0 spiro atoms. The quantitative estimate of drug-likeness (QED) is 0.722. The Kier molecular flexibility index (Phi) is 4.49. The number of pyridine rings is 1. The van der Waals surface area contributed by atoms with Crippen LogP contribution in [0.4, 0.5) is 5.82 Å². The van der Waals surface area contributed by atoms with Crippen LogP contribution in [0.1, 0.15) is 12.8 Å². The van der Waals surface area contributed by atoms with Crippen LogP contribution >= 0.6 is 0 Å². The molecule has 3 N–H and O–H groups in total. The number of hydroxylamine groups is 1. The Balaban J connectivity index is 1.73. The standard InChI is InChI=1S/C12H18N4O2/c13-11(17)9-18-15-10-4-7-16(8-5-10)12-3-1-2-6-14-12/h1-3,6,10,15H,4-5,7-9H2,(H2,13,17). The van der Waals surface area contributed by atoms with Crippen LogP contribution in [0.2, 0.25) is 0 Å². The van der Waals surface area contributed by atoms with E-state index in [-0.39, 0.29) is 12.6 Å². The molecule has 6 heteroatoms. The summed E-state index contributed by atoms with van der Waals surface area (Å²) in [6.45, 7) is 1.77. The van der Waals surface area contributed by atoms with E-state index in [0.29, 0.717) is 0 Å². The van der Waals surface area contributed by atoms with Crippen molar-refractivity contribution in [1.29, 1.82) is 0 Å². The Morgan fingerprint density at radius 2 is 2.28 bits per heavy atom. The van der Waals surface area contributed by atoms with Crippen molar-refractivity contribution in [2.24, 2.45) is 5.73 Å². The first-order valence-corrected chi connectivity index (χ1v) is 6.07. The fraction of sp³-hybridized carbons (Fsp3) is 0.500. The molecule has 0 aromatic carbocycles. The number of nitrogens with zero attached hydrogens (tertiary/aromatic N) is 2. The number of aromatic nitrogens is 1. The molecule has 2 heterocycles. The van der Waals surface area contributed by atoms with E-state index >= 15 is 0 Å². The summed E-state index contributed by atoms with van der Waals surface area (Å²) in [7, 11) is 0. The van der Waals surface area contributed by atoms with E-state index in [1.165, 1.54) is 0 Å². The lowest BCUT2D eigenvalue weighted by Crippen LogP contribution is -2.43. The van der Waals surface area contributed by atoms with Crippen LogP contribution in [-0.4, -0.2) is 36.6 Å². The molecule has 0 saturated carbocycles. The summed E-state index contributed by atoms with van der Waals surface area (Å²) in [6, 6.07) is 6.18. The second-order valence-corrected chi connectivity index (χ2v) is 4.32. The van der Waals surface area contributed by atoms with Crippen LogP contribution in [0.25, 0.3) is 0 Å². The second-order valence-electron chi connectivity index (χ2n) is 4.32. The summed E-state index contributed by atoms with van der Waals surface area (Å²) in [4.78, 5) is 22.1. The highest BCUT2D eigenvalue weighted by molar-refractivity contribution is 5.74. The van der Waals surface area contributed by atoms with Gasteiger partial charge in [0.1, 0.15) is 12.4 Å². The summed E-state index contributed by atoms with van der Waals surface area (Å²) in [6.07, 6.45) is 3.71. The SMILES string of the molecule is NC(=O)CONC1CCN(c2ccccn2)CC1. The van der Waals surface area contributed by atoms with Gasteiger partial charge in [-0.2, -0.15) is 5.48 Å². The molecule has 98 valence electrons. The summed E-state index contributed by atoms with van der Waals surface area (Å²) < 4.78 is 0. The van der Waals surface area contributed by atoms with Crippen molar-refractivity contribution >= 4 is 11.7 Å². The average molecular weight is 250 g/mol. The molecule has 1 fully saturated rings. The minimum absolute atomic E-state index is 0.0829. The number of hydrogen-bond donors (Lipinski definition) is 2. The monoisotopic (exact) mass is 250 g/mol. The van der Waals surface area contributed by atoms with E-state index in [1.54, 1.807) is 6.20 Å². The lowest BCUT2D eigenvalue weighted by Gasteiger charge is -2.32. The van der Waals surface area contributed by atoms with Crippen molar-refractivity contribution in [2.75, 3.05) is 24.6 Å². The van der Waals surface area contributed by atoms with Gasteiger partial charge < -0.3 is 10.6 Å². The maximum Gasteiger partial charge on any atom is 0.245 e. The molecule has 1 aromatic heterocycles. The van der Waals surface area contributed by atoms with Gasteiger partial charge in [-0.05, 0) is 25.0 Å². The predicted octanol–water partition coefficient (Wildman–Crippen LogP) is 0.0569. The largest absolute Gasteiger partial charge is 0.368 e. The van der Waals surface area contributed by atoms with Gasteiger partial charge in [0.2, 0.25) is 5.91 Å². The van der Waals surface area contributed by atoms with Gasteiger partial charge in [-0.1, -0.05) is 6.07 Å². The topological polar surface area (TPSA) is 80.5 Å². The van der Waals surface area contributed by atoms with Gasteiger partial charge in [-0.15, -0.1) is 0 Å². The number of nitrogens with two attached hydrogens (primary N) is 1. The van der Waals surface area contributed by atoms with Gasteiger partial charge in [0.25, 0.3) is 0 Å². The number of anilines is 1. The van der Waals surface area contributed by atoms with E-state index < -0.39 is 5.91 Å². The molecule has 2 rings (SSSR count). The van der Waals surface area contributed by atoms with Gasteiger partial charge in [0.05, 0.1) is 0 Å². The lowest BCUT2D eigenvalue weighted by molar-refractivity contribution is -0.126. The number of piperidine rings is 1. The summed E-state index contributed by atoms with van der Waals surface area (Å²) in [5.74, 6) is 0.544. The molecule has 6 nitrogen and oxygen atoms in total. The molecular weight excluding hydrogens is 232 g/mol. The Morgan fingerprint density at radius 1 is 1.50 bits per heavy atom. The highest BCUT2D eigenvalue weighted by Gasteiger charge is 2.19. The zero-order chi connectivity index (χ0) is 12.8. The van der Waals surface area contributed by atoms with Gasteiger partial charge in [-0.3, -0.25) is 9.63 Å². The van der Waals surface area contributed by atoms with E-state index in [4.69, 9.17) is 10.6 Å². The van der Waals surface area contributed by atoms with E-state index in [0.717, 1.165) is 31.7 Å². The fourth-order valence-corrected chi connectivity index (χ4v) is 2.00. The molecule has 0 bridgehead atoms. The predicted molar refractivity (Wildman–Crippen MR) is 67.8 cm³/mol. The Hall–Kier alpha value is -1.66. The van der Waals surface area contributed by atoms with E-state index in [9.17, 15) is 4.79 Å². The third-order valence-corrected chi connectivity index (χ3v) is 2.93. The molecule has 1 aliphatic heterocycles. The molecule has 0 radical (unpaired) electrons. The molecule has 1 saturated heterocycles. The number of carbonyl (C=O) groups is 1. The summed E-state index contributed by atoms with van der Waals surface area (Å²) in [5.41, 5.74) is 7.86. The van der Waals surface area contributed by atoms with Crippen molar-refractivity contribution in [1.82, 2.24) is 10.5 Å². The van der Waals surface area contributed by atoms with Gasteiger partial charge in [0.15, 0.2) is 0 Å². The number of nitrogens with one attached hydrogen (secondary N) is 1. The van der Waals surface area contributed by atoms with Crippen LogP contribution < -0.4 is 16.1 Å². The number of primary amides is 1. The number of rotatable bonds is 5. The highest BCUT2D eigenvalue weighted by Crippen LogP contribution is 2.16. The Bertz CT molecular complexity index is 377. The van der Waals surface area contributed by atoms with Gasteiger partial charge in [0, 0.05) is 25.3 Å². The summed E-state index contributed by atoms with van der Waals surface area (Å²) in [5, 5.41) is 0. The summed E-state index contributed by atoms with van der Waals surface area (Å²) >= 11 is 0. The molecule has 0 aliphatic carbocycles. The van der Waals surface area contributed by atoms with Crippen molar-refractivity contribution in [3.8, 4) is 0 Å². The van der Waals surface area contributed by atoms with E-state index in [2.05, 4.69) is 15.4 Å². The van der Waals surface area contributed by atoms with Crippen LogP contribution in [0.5, 0.6) is 0 Å². The van der Waals surface area contributed by atoms with Crippen LogP contribution in [0.15, 0.2) is 24.4 Å². The molecule has 1 aliphatic rings. The molecule has 0 atom stereocenters. The Labute approximate surface area is 106 Å². The zero-order valence-corrected chi connectivity index (χ0v) is 10.2. The highest BCUT2D eigenvalue weighted by atomic mass is 16.6. The number of amides is 1. The third-order valence-electron chi connectivity index (χ3n) is 2.93. The number of carbonyl (C=O) groups excluding carboxylic acids is 1. The van der Waals surface area contributed by atoms with Gasteiger partial charge in [-0.25, -0.2) is 4.98 Å². The van der Waals surface area contributed by atoms with Crippen molar-refractivity contribution < 1.29 is 9.63 Å². The van der Waals surface area contributed by atoms with Crippen LogP contribution in [0, 0.1) is 0 Å². The van der Waals surface area contributed by atoms with E-state index in [1.807, 2.05) is 18.2 Å². The fourth-order valence-electron chi connectivity index (χ4n) is 2.00. The second kappa shape index (κ2) is 6.32. The minimum atomic E-state index is -0.464. The molecule has 1 amide bonds. The maximum atomic E-state index is 10.5. The molecule has 18 heavy (non-hydrogen) atoms. The van der Waals surface area contributed by atoms with Crippen molar-refractivity contribution in [3.63, 3.8) is 0 Å². The van der Waals surface area contributed by atoms with Crippen molar-refractivity contribution in [2.45, 2.75) is 18.9 Å². The van der Waals surface area contributed by atoms with Crippen LogP contribution in [0.3, 0.4) is 0 Å². The first kappa shape index (κ1) is 12.8. The normalized spacial score (nSPS) is 16.8. The first-order valence-electron chi connectivity index (χ1n) is 6.07. The minimum Gasteiger partial charge on any atom is -0.368 e. The number of hydrogen-bond acceptors (Lipinski definition) is 5. The smallest absolute Gasteiger partial charge is 0.245 e. The molecule has 0 unspecified atom stereocenters. The van der Waals surface area contributed by atoms with Gasteiger partial charge >= 0.3 is 0 Å². The average Bonchev–Trinajstić information content (AvgIpc) is 2.40. The third kappa shape index (κ3) is 3.68.